The second kappa shape index (κ2) is 6.68. The molecular weight excluding hydrogens is 270 g/mol. The second-order valence-electron chi connectivity index (χ2n) is 5.16. The molecule has 0 saturated carbocycles. The lowest BCUT2D eigenvalue weighted by molar-refractivity contribution is 0.584. The van der Waals surface area contributed by atoms with Gasteiger partial charge >= 0.3 is 0 Å². The highest BCUT2D eigenvalue weighted by atomic mass is 19.1. The van der Waals surface area contributed by atoms with Gasteiger partial charge in [0, 0.05) is 18.3 Å². The van der Waals surface area contributed by atoms with Crippen LogP contribution in [0.15, 0.2) is 42.5 Å². The topological polar surface area (TPSA) is 29.3 Å². The Labute approximate surface area is 124 Å². The third-order valence-electron chi connectivity index (χ3n) is 3.72. The number of nitrogens with two attached hydrogens (primary N) is 1. The van der Waals surface area contributed by atoms with Crippen molar-refractivity contribution in [2.45, 2.75) is 19.4 Å². The predicted octanol–water partition coefficient (Wildman–Crippen LogP) is 3.66. The van der Waals surface area contributed by atoms with E-state index in [9.17, 15) is 8.78 Å². The third kappa shape index (κ3) is 3.58. The third-order valence-corrected chi connectivity index (χ3v) is 3.72. The lowest BCUT2D eigenvalue weighted by atomic mass is 10.0. The van der Waals surface area contributed by atoms with Gasteiger partial charge < -0.3 is 10.6 Å². The lowest BCUT2D eigenvalue weighted by Gasteiger charge is -2.28. The van der Waals surface area contributed by atoms with Crippen LogP contribution in [0.5, 0.6) is 0 Å². The predicted molar refractivity (Wildman–Crippen MR) is 82.4 cm³/mol. The summed E-state index contributed by atoms with van der Waals surface area (Å²) in [5.74, 6) is -0.557. The summed E-state index contributed by atoms with van der Waals surface area (Å²) in [7, 11) is 1.83. The fraction of sp³-hybridized carbons (Fsp3) is 0.294. The maximum Gasteiger partial charge on any atom is 0.128 e. The highest BCUT2D eigenvalue weighted by molar-refractivity contribution is 5.50. The van der Waals surface area contributed by atoms with Gasteiger partial charge in [-0.3, -0.25) is 0 Å². The molecule has 0 aliphatic heterocycles. The molecule has 0 bridgehead atoms. The van der Waals surface area contributed by atoms with Crippen LogP contribution in [0, 0.1) is 11.6 Å². The minimum Gasteiger partial charge on any atom is -0.368 e. The van der Waals surface area contributed by atoms with Gasteiger partial charge in [0.05, 0.1) is 6.04 Å². The summed E-state index contributed by atoms with van der Waals surface area (Å²) in [5, 5.41) is 0. The van der Waals surface area contributed by atoms with Crippen LogP contribution in [0.1, 0.15) is 24.1 Å². The highest BCUT2D eigenvalue weighted by Gasteiger charge is 2.16. The molecular formula is C17H20F2N2. The standard InChI is InChI=1S/C17H20F2N2/c1-12(16-5-3-4-6-17(16)19)21(2)15-10-13(7-8-20)9-14(18)11-15/h3-6,9-12H,7-8,20H2,1-2H3. The van der Waals surface area contributed by atoms with Crippen molar-refractivity contribution in [3.05, 3.63) is 65.2 Å². The van der Waals surface area contributed by atoms with Crippen LogP contribution in [0.2, 0.25) is 0 Å². The van der Waals surface area contributed by atoms with E-state index in [4.69, 9.17) is 5.73 Å². The van der Waals surface area contributed by atoms with Crippen LogP contribution in [0.3, 0.4) is 0 Å². The molecule has 21 heavy (non-hydrogen) atoms. The van der Waals surface area contributed by atoms with Crippen molar-refractivity contribution in [3.63, 3.8) is 0 Å². The quantitative estimate of drug-likeness (QED) is 0.910. The molecule has 1 unspecified atom stereocenters. The fourth-order valence-corrected chi connectivity index (χ4v) is 2.39. The van der Waals surface area contributed by atoms with Gasteiger partial charge in [-0.15, -0.1) is 0 Å². The molecule has 0 radical (unpaired) electrons. The number of anilines is 1. The summed E-state index contributed by atoms with van der Waals surface area (Å²) in [6.45, 7) is 2.36. The van der Waals surface area contributed by atoms with E-state index >= 15 is 0 Å². The van der Waals surface area contributed by atoms with Crippen molar-refractivity contribution < 1.29 is 8.78 Å². The average molecular weight is 290 g/mol. The largest absolute Gasteiger partial charge is 0.368 e. The Morgan fingerprint density at radius 3 is 2.52 bits per heavy atom. The summed E-state index contributed by atoms with van der Waals surface area (Å²) >= 11 is 0. The molecule has 2 aromatic rings. The molecule has 2 rings (SSSR count). The molecule has 112 valence electrons. The van der Waals surface area contributed by atoms with Crippen LogP contribution >= 0.6 is 0 Å². The van der Waals surface area contributed by atoms with Crippen LogP contribution < -0.4 is 10.6 Å². The van der Waals surface area contributed by atoms with Crippen LogP contribution in [0.25, 0.3) is 0 Å². The fourth-order valence-electron chi connectivity index (χ4n) is 2.39. The Kier molecular flexibility index (Phi) is 4.91. The number of hydrogen-bond donors (Lipinski definition) is 1. The Morgan fingerprint density at radius 2 is 1.86 bits per heavy atom. The molecule has 1 atom stereocenters. The van der Waals surface area contributed by atoms with E-state index in [1.54, 1.807) is 18.2 Å². The van der Waals surface area contributed by atoms with Crippen molar-refractivity contribution in [1.29, 1.82) is 0 Å². The van der Waals surface area contributed by atoms with Gasteiger partial charge in [0.2, 0.25) is 0 Å². The number of benzene rings is 2. The minimum absolute atomic E-state index is 0.196. The Bertz CT molecular complexity index is 613. The first kappa shape index (κ1) is 15.4. The second-order valence-corrected chi connectivity index (χ2v) is 5.16. The van der Waals surface area contributed by atoms with Gasteiger partial charge in [-0.1, -0.05) is 18.2 Å². The van der Waals surface area contributed by atoms with E-state index in [1.807, 2.05) is 24.9 Å². The van der Waals surface area contributed by atoms with Gasteiger partial charge in [0.25, 0.3) is 0 Å². The first-order chi connectivity index (χ1) is 10.0. The zero-order valence-corrected chi connectivity index (χ0v) is 12.3. The number of nitrogens with zero attached hydrogens (tertiary/aromatic N) is 1. The van der Waals surface area contributed by atoms with Crippen molar-refractivity contribution in [2.75, 3.05) is 18.5 Å². The molecule has 2 N–H and O–H groups in total. The molecule has 2 nitrogen and oxygen atoms in total. The van der Waals surface area contributed by atoms with E-state index in [0.717, 1.165) is 5.56 Å². The van der Waals surface area contributed by atoms with Gasteiger partial charge in [-0.25, -0.2) is 8.78 Å². The Balaban J connectivity index is 2.31. The van der Waals surface area contributed by atoms with E-state index in [2.05, 4.69) is 0 Å². The molecule has 0 aromatic heterocycles. The molecule has 0 saturated heterocycles. The van der Waals surface area contributed by atoms with Gasteiger partial charge in [0.1, 0.15) is 11.6 Å². The molecule has 0 spiro atoms. The van der Waals surface area contributed by atoms with Crippen molar-refractivity contribution in [1.82, 2.24) is 0 Å². The van der Waals surface area contributed by atoms with Gasteiger partial charge in [0.15, 0.2) is 0 Å². The Morgan fingerprint density at radius 1 is 1.14 bits per heavy atom. The summed E-state index contributed by atoms with van der Waals surface area (Å²) in [6, 6.07) is 11.3. The summed E-state index contributed by atoms with van der Waals surface area (Å²) in [4.78, 5) is 1.86. The van der Waals surface area contributed by atoms with Crippen molar-refractivity contribution >= 4 is 5.69 Å². The lowest BCUT2D eigenvalue weighted by Crippen LogP contribution is -2.23. The smallest absolute Gasteiger partial charge is 0.128 e. The number of rotatable bonds is 5. The van der Waals surface area contributed by atoms with E-state index < -0.39 is 0 Å². The molecule has 0 heterocycles. The molecule has 0 fully saturated rings. The zero-order valence-electron chi connectivity index (χ0n) is 12.3. The molecule has 0 amide bonds. The normalized spacial score (nSPS) is 12.2. The SMILES string of the molecule is CC(c1ccccc1F)N(C)c1cc(F)cc(CCN)c1. The number of halogens is 2. The van der Waals surface area contributed by atoms with Crippen molar-refractivity contribution in [2.24, 2.45) is 5.73 Å². The highest BCUT2D eigenvalue weighted by Crippen LogP contribution is 2.28. The van der Waals surface area contributed by atoms with E-state index in [1.165, 1.54) is 18.2 Å². The first-order valence-electron chi connectivity index (χ1n) is 6.99. The molecule has 4 heteroatoms. The first-order valence-corrected chi connectivity index (χ1v) is 6.99. The van der Waals surface area contributed by atoms with Gasteiger partial charge in [-0.2, -0.15) is 0 Å². The van der Waals surface area contributed by atoms with Crippen LogP contribution in [-0.2, 0) is 6.42 Å². The Hall–Kier alpha value is -1.94. The summed E-state index contributed by atoms with van der Waals surface area (Å²) in [5.41, 5.74) is 7.67. The van der Waals surface area contributed by atoms with Crippen LogP contribution in [-0.4, -0.2) is 13.6 Å². The van der Waals surface area contributed by atoms with Crippen LogP contribution in [0.4, 0.5) is 14.5 Å². The van der Waals surface area contributed by atoms with Gasteiger partial charge in [-0.05, 0) is 49.7 Å². The van der Waals surface area contributed by atoms with E-state index in [0.29, 0.717) is 24.2 Å². The number of hydrogen-bond acceptors (Lipinski definition) is 2. The molecule has 2 aromatic carbocycles. The maximum atomic E-state index is 13.9. The minimum atomic E-state index is -0.302. The molecule has 0 aliphatic carbocycles. The summed E-state index contributed by atoms with van der Waals surface area (Å²) in [6.07, 6.45) is 0.618. The zero-order chi connectivity index (χ0) is 15.4. The molecule has 0 aliphatic rings. The average Bonchev–Trinajstić information content (AvgIpc) is 2.46. The summed E-state index contributed by atoms with van der Waals surface area (Å²) < 4.78 is 27.6. The maximum absolute atomic E-state index is 13.9. The van der Waals surface area contributed by atoms with E-state index in [-0.39, 0.29) is 17.7 Å². The van der Waals surface area contributed by atoms with Crippen molar-refractivity contribution in [3.8, 4) is 0 Å². The monoisotopic (exact) mass is 290 g/mol.